The second-order valence-corrected chi connectivity index (χ2v) is 4.50. The van der Waals surface area contributed by atoms with Gasteiger partial charge in [0.2, 0.25) is 5.96 Å². The summed E-state index contributed by atoms with van der Waals surface area (Å²) in [4.78, 5) is 0. The van der Waals surface area contributed by atoms with E-state index < -0.39 is 0 Å². The lowest BCUT2D eigenvalue weighted by Gasteiger charge is -2.23. The lowest BCUT2D eigenvalue weighted by atomic mass is 10.2. The first-order chi connectivity index (χ1) is 10.2. The van der Waals surface area contributed by atoms with E-state index in [1.165, 1.54) is 0 Å². The third-order valence-corrected chi connectivity index (χ3v) is 2.76. The summed E-state index contributed by atoms with van der Waals surface area (Å²) in [6.07, 6.45) is 3.05. The average Bonchev–Trinajstić information content (AvgIpc) is 2.48. The highest BCUT2D eigenvalue weighted by atomic mass is 16.7. The first-order valence-corrected chi connectivity index (χ1v) is 6.82. The Kier molecular flexibility index (Phi) is 5.99. The molecule has 1 fully saturated rings. The molecule has 1 aliphatic rings. The summed E-state index contributed by atoms with van der Waals surface area (Å²) >= 11 is 0. The van der Waals surface area contributed by atoms with Gasteiger partial charge < -0.3 is 25.7 Å². The number of hydrogen-bond donors (Lipinski definition) is 2. The number of nitrogens with two attached hydrogens (primary N) is 2. The van der Waals surface area contributed by atoms with E-state index in [-0.39, 0.29) is 12.2 Å². The van der Waals surface area contributed by atoms with Crippen molar-refractivity contribution < 1.29 is 14.2 Å². The molecule has 0 amide bonds. The van der Waals surface area contributed by atoms with E-state index in [1.54, 1.807) is 6.21 Å². The van der Waals surface area contributed by atoms with E-state index in [2.05, 4.69) is 10.2 Å². The van der Waals surface area contributed by atoms with Gasteiger partial charge in [-0.25, -0.2) is 0 Å². The summed E-state index contributed by atoms with van der Waals surface area (Å²) in [7, 11) is 0. The van der Waals surface area contributed by atoms with Crippen molar-refractivity contribution in [3.63, 3.8) is 0 Å². The second-order valence-electron chi connectivity index (χ2n) is 4.50. The predicted molar refractivity (Wildman–Crippen MR) is 80.3 cm³/mol. The molecule has 1 aliphatic heterocycles. The fourth-order valence-corrected chi connectivity index (χ4v) is 1.82. The molecule has 2 rings (SSSR count). The van der Waals surface area contributed by atoms with E-state index in [1.807, 2.05) is 24.3 Å². The molecular weight excluding hydrogens is 272 g/mol. The molecule has 1 aromatic carbocycles. The van der Waals surface area contributed by atoms with Gasteiger partial charge in [-0.15, -0.1) is 5.10 Å². The van der Waals surface area contributed by atoms with Crippen LogP contribution in [-0.4, -0.2) is 38.3 Å². The van der Waals surface area contributed by atoms with Crippen LogP contribution in [0.4, 0.5) is 0 Å². The standard InChI is InChI=1S/C14H20N4O3/c15-14(16)18-17-10-11-3-1-4-12(9-11)19-8-5-13-20-6-2-7-21-13/h1,3-4,9-10,13H,2,5-8H2,(H4,15,16,18). The molecule has 0 bridgehead atoms. The van der Waals surface area contributed by atoms with Crippen LogP contribution >= 0.6 is 0 Å². The van der Waals surface area contributed by atoms with Gasteiger partial charge in [0.25, 0.3) is 0 Å². The Morgan fingerprint density at radius 1 is 1.33 bits per heavy atom. The normalized spacial score (nSPS) is 16.0. The Hall–Kier alpha value is -2.12. The number of ether oxygens (including phenoxy) is 3. The zero-order chi connectivity index (χ0) is 14.9. The van der Waals surface area contributed by atoms with E-state index in [0.29, 0.717) is 13.0 Å². The molecular formula is C14H20N4O3. The third-order valence-electron chi connectivity index (χ3n) is 2.76. The lowest BCUT2D eigenvalue weighted by Crippen LogP contribution is -2.26. The predicted octanol–water partition coefficient (Wildman–Crippen LogP) is 0.826. The van der Waals surface area contributed by atoms with Gasteiger partial charge in [-0.05, 0) is 24.1 Å². The lowest BCUT2D eigenvalue weighted by molar-refractivity contribution is -0.183. The second kappa shape index (κ2) is 8.23. The van der Waals surface area contributed by atoms with Crippen molar-refractivity contribution >= 4 is 12.2 Å². The highest BCUT2D eigenvalue weighted by molar-refractivity contribution is 5.81. The van der Waals surface area contributed by atoms with E-state index in [9.17, 15) is 0 Å². The topological polar surface area (TPSA) is 104 Å². The molecule has 4 N–H and O–H groups in total. The van der Waals surface area contributed by atoms with Gasteiger partial charge in [-0.3, -0.25) is 0 Å². The molecule has 7 heteroatoms. The van der Waals surface area contributed by atoms with Crippen molar-refractivity contribution in [2.75, 3.05) is 19.8 Å². The SMILES string of the molecule is NC(N)=NN=Cc1cccc(OCCC2OCCCO2)c1. The molecule has 0 spiro atoms. The van der Waals surface area contributed by atoms with Crippen LogP contribution in [0.5, 0.6) is 5.75 Å². The molecule has 0 saturated carbocycles. The minimum absolute atomic E-state index is 0.0777. The first kappa shape index (κ1) is 15.3. The Bertz CT molecular complexity index is 495. The summed E-state index contributed by atoms with van der Waals surface area (Å²) in [5.74, 6) is 0.672. The van der Waals surface area contributed by atoms with Crippen LogP contribution in [0.3, 0.4) is 0 Å². The Balaban J connectivity index is 1.80. The number of benzene rings is 1. The van der Waals surface area contributed by atoms with Crippen molar-refractivity contribution in [1.29, 1.82) is 0 Å². The van der Waals surface area contributed by atoms with Crippen LogP contribution in [0, 0.1) is 0 Å². The van der Waals surface area contributed by atoms with Crippen LogP contribution < -0.4 is 16.2 Å². The highest BCUT2D eigenvalue weighted by Crippen LogP contribution is 2.14. The Morgan fingerprint density at radius 3 is 2.90 bits per heavy atom. The maximum atomic E-state index is 5.67. The third kappa shape index (κ3) is 5.80. The van der Waals surface area contributed by atoms with E-state index >= 15 is 0 Å². The zero-order valence-corrected chi connectivity index (χ0v) is 11.8. The molecule has 0 unspecified atom stereocenters. The van der Waals surface area contributed by atoms with Crippen molar-refractivity contribution in [2.45, 2.75) is 19.1 Å². The molecule has 1 aromatic rings. The summed E-state index contributed by atoms with van der Waals surface area (Å²) in [6, 6.07) is 7.49. The van der Waals surface area contributed by atoms with Crippen LogP contribution in [0.2, 0.25) is 0 Å². The summed E-state index contributed by atoms with van der Waals surface area (Å²) in [6.45, 7) is 2.03. The summed E-state index contributed by atoms with van der Waals surface area (Å²) in [5.41, 5.74) is 11.2. The molecule has 7 nitrogen and oxygen atoms in total. The van der Waals surface area contributed by atoms with Crippen LogP contribution in [0.1, 0.15) is 18.4 Å². The van der Waals surface area contributed by atoms with Gasteiger partial charge in [-0.1, -0.05) is 12.1 Å². The number of guanidine groups is 1. The molecule has 0 radical (unpaired) electrons. The fraction of sp³-hybridized carbons (Fsp3) is 0.429. The Labute approximate surface area is 123 Å². The largest absolute Gasteiger partial charge is 0.493 e. The van der Waals surface area contributed by atoms with Gasteiger partial charge in [-0.2, -0.15) is 5.10 Å². The molecule has 114 valence electrons. The van der Waals surface area contributed by atoms with Crippen molar-refractivity contribution in [1.82, 2.24) is 0 Å². The highest BCUT2D eigenvalue weighted by Gasteiger charge is 2.13. The first-order valence-electron chi connectivity index (χ1n) is 6.82. The molecule has 0 aliphatic carbocycles. The van der Waals surface area contributed by atoms with Gasteiger partial charge in [0.15, 0.2) is 6.29 Å². The number of nitrogens with zero attached hydrogens (tertiary/aromatic N) is 2. The Morgan fingerprint density at radius 2 is 2.14 bits per heavy atom. The minimum atomic E-state index is -0.162. The fourth-order valence-electron chi connectivity index (χ4n) is 1.82. The van der Waals surface area contributed by atoms with Gasteiger partial charge >= 0.3 is 0 Å². The van der Waals surface area contributed by atoms with Crippen LogP contribution in [0.15, 0.2) is 34.5 Å². The zero-order valence-electron chi connectivity index (χ0n) is 11.8. The van der Waals surface area contributed by atoms with E-state index in [0.717, 1.165) is 30.9 Å². The van der Waals surface area contributed by atoms with Crippen LogP contribution in [0.25, 0.3) is 0 Å². The minimum Gasteiger partial charge on any atom is -0.493 e. The van der Waals surface area contributed by atoms with Crippen LogP contribution in [-0.2, 0) is 9.47 Å². The average molecular weight is 292 g/mol. The number of rotatable bonds is 6. The molecule has 21 heavy (non-hydrogen) atoms. The summed E-state index contributed by atoms with van der Waals surface area (Å²) in [5, 5.41) is 7.29. The number of hydrogen-bond acceptors (Lipinski definition) is 5. The maximum Gasteiger partial charge on any atom is 0.211 e. The van der Waals surface area contributed by atoms with Gasteiger partial charge in [0.1, 0.15) is 5.75 Å². The van der Waals surface area contributed by atoms with Crippen molar-refractivity contribution in [3.05, 3.63) is 29.8 Å². The molecule has 1 heterocycles. The maximum absolute atomic E-state index is 5.67. The summed E-state index contributed by atoms with van der Waals surface area (Å²) < 4.78 is 16.6. The van der Waals surface area contributed by atoms with Gasteiger partial charge in [0.05, 0.1) is 26.0 Å². The molecule has 0 aromatic heterocycles. The van der Waals surface area contributed by atoms with E-state index in [4.69, 9.17) is 25.7 Å². The smallest absolute Gasteiger partial charge is 0.211 e. The van der Waals surface area contributed by atoms with Crippen molar-refractivity contribution in [3.8, 4) is 5.75 Å². The molecule has 1 saturated heterocycles. The van der Waals surface area contributed by atoms with Crippen molar-refractivity contribution in [2.24, 2.45) is 21.7 Å². The quantitative estimate of drug-likeness (QED) is 0.459. The van der Waals surface area contributed by atoms with Gasteiger partial charge in [0, 0.05) is 6.42 Å². The molecule has 0 atom stereocenters. The monoisotopic (exact) mass is 292 g/mol.